The zero-order valence-corrected chi connectivity index (χ0v) is 13.3. The van der Waals surface area contributed by atoms with E-state index in [4.69, 9.17) is 4.74 Å². The second-order valence-electron chi connectivity index (χ2n) is 4.99. The molecule has 0 aliphatic carbocycles. The van der Waals surface area contributed by atoms with Gasteiger partial charge >= 0.3 is 18.1 Å². The van der Waals surface area contributed by atoms with Crippen molar-refractivity contribution < 1.29 is 32.3 Å². The van der Waals surface area contributed by atoms with Crippen molar-refractivity contribution in [1.29, 1.82) is 0 Å². The monoisotopic (exact) mass is 340 g/mol. The van der Waals surface area contributed by atoms with Crippen LogP contribution in [0.4, 0.5) is 13.2 Å². The minimum atomic E-state index is -4.98. The summed E-state index contributed by atoms with van der Waals surface area (Å²) in [7, 11) is 1.42. The third kappa shape index (κ3) is 10.5. The van der Waals surface area contributed by atoms with Crippen molar-refractivity contribution in [2.24, 2.45) is 0 Å². The molecule has 0 radical (unpaired) electrons. The molecule has 0 aromatic rings. The number of hydrogen-bond acceptors (Lipinski definition) is 4. The van der Waals surface area contributed by atoms with Gasteiger partial charge in [0.25, 0.3) is 0 Å². The molecule has 0 bridgehead atoms. The first kappa shape index (κ1) is 21.2. The highest BCUT2D eigenvalue weighted by Crippen LogP contribution is 2.15. The quantitative estimate of drug-likeness (QED) is 0.468. The van der Waals surface area contributed by atoms with Crippen molar-refractivity contribution in [2.75, 3.05) is 13.6 Å². The summed E-state index contributed by atoms with van der Waals surface area (Å²) in [5.41, 5.74) is 0. The Morgan fingerprint density at radius 3 is 2.30 bits per heavy atom. The number of halogens is 3. The fraction of sp³-hybridized carbons (Fsp3) is 0.786. The van der Waals surface area contributed by atoms with Crippen LogP contribution < -0.4 is 10.6 Å². The van der Waals surface area contributed by atoms with Crippen LogP contribution in [0, 0.1) is 0 Å². The highest BCUT2D eigenvalue weighted by Gasteiger charge is 2.38. The zero-order valence-electron chi connectivity index (χ0n) is 13.3. The van der Waals surface area contributed by atoms with Crippen LogP contribution in [0.1, 0.15) is 45.4 Å². The summed E-state index contributed by atoms with van der Waals surface area (Å²) in [6.45, 7) is 1.55. The maximum atomic E-state index is 12.2. The number of unbranched alkanes of at least 4 members (excludes halogenated alkanes) is 2. The summed E-state index contributed by atoms with van der Waals surface area (Å²) in [4.78, 5) is 33.5. The molecule has 0 saturated heterocycles. The third-order valence-corrected chi connectivity index (χ3v) is 3.01. The van der Waals surface area contributed by atoms with Gasteiger partial charge in [-0.2, -0.15) is 13.2 Å². The first-order valence-electron chi connectivity index (χ1n) is 7.45. The van der Waals surface area contributed by atoms with Crippen molar-refractivity contribution in [3.05, 3.63) is 0 Å². The van der Waals surface area contributed by atoms with E-state index in [1.807, 2.05) is 6.92 Å². The Bertz CT molecular complexity index is 400. The molecular formula is C14H23F3N2O4. The SMILES string of the molecule is CCCCCC(CNC(=O)C(F)(F)F)OC(=O)CCC(=O)NC. The van der Waals surface area contributed by atoms with Gasteiger partial charge in [0.05, 0.1) is 13.0 Å². The lowest BCUT2D eigenvalue weighted by molar-refractivity contribution is -0.174. The number of carbonyl (C=O) groups is 3. The van der Waals surface area contributed by atoms with Gasteiger partial charge in [0.2, 0.25) is 5.91 Å². The number of rotatable bonds is 10. The number of carbonyl (C=O) groups excluding carboxylic acids is 3. The summed E-state index contributed by atoms with van der Waals surface area (Å²) in [6, 6.07) is 0. The smallest absolute Gasteiger partial charge is 0.460 e. The van der Waals surface area contributed by atoms with Crippen molar-refractivity contribution >= 4 is 17.8 Å². The molecule has 0 aromatic heterocycles. The molecule has 0 aliphatic rings. The Kier molecular flexibility index (Phi) is 10.00. The van der Waals surface area contributed by atoms with E-state index in [9.17, 15) is 27.6 Å². The van der Waals surface area contributed by atoms with Gasteiger partial charge in [0.1, 0.15) is 6.10 Å². The van der Waals surface area contributed by atoms with E-state index in [2.05, 4.69) is 5.32 Å². The number of hydrogen-bond donors (Lipinski definition) is 2. The molecule has 0 aliphatic heterocycles. The molecule has 2 amide bonds. The average Bonchev–Trinajstić information content (AvgIpc) is 2.48. The van der Waals surface area contributed by atoms with Crippen LogP contribution >= 0.6 is 0 Å². The standard InChI is InChI=1S/C14H23F3N2O4/c1-3-4-5-6-10(9-19-13(22)14(15,16)17)23-12(21)8-7-11(20)18-2/h10H,3-9H2,1-2H3,(H,18,20)(H,19,22). The van der Waals surface area contributed by atoms with Crippen LogP contribution in [0.3, 0.4) is 0 Å². The van der Waals surface area contributed by atoms with E-state index < -0.39 is 30.7 Å². The molecule has 134 valence electrons. The number of esters is 1. The van der Waals surface area contributed by atoms with Crippen molar-refractivity contribution in [1.82, 2.24) is 10.6 Å². The first-order chi connectivity index (χ1) is 10.7. The summed E-state index contributed by atoms with van der Waals surface area (Å²) in [5.74, 6) is -3.09. The predicted molar refractivity (Wildman–Crippen MR) is 76.4 cm³/mol. The van der Waals surface area contributed by atoms with E-state index >= 15 is 0 Å². The van der Waals surface area contributed by atoms with Gasteiger partial charge in [0, 0.05) is 13.5 Å². The molecule has 0 spiro atoms. The lowest BCUT2D eigenvalue weighted by Crippen LogP contribution is -2.42. The minimum absolute atomic E-state index is 0.0636. The third-order valence-electron chi connectivity index (χ3n) is 3.01. The molecular weight excluding hydrogens is 317 g/mol. The fourth-order valence-corrected chi connectivity index (χ4v) is 1.72. The van der Waals surface area contributed by atoms with Gasteiger partial charge in [-0.15, -0.1) is 0 Å². The van der Waals surface area contributed by atoms with E-state index in [0.717, 1.165) is 12.8 Å². The molecule has 2 N–H and O–H groups in total. The molecule has 0 rings (SSSR count). The van der Waals surface area contributed by atoms with Gasteiger partial charge in [-0.25, -0.2) is 0 Å². The summed E-state index contributed by atoms with van der Waals surface area (Å²) in [5, 5.41) is 4.05. The Labute approximate surface area is 133 Å². The number of nitrogens with one attached hydrogen (secondary N) is 2. The topological polar surface area (TPSA) is 84.5 Å². The van der Waals surface area contributed by atoms with Crippen LogP contribution in [0.2, 0.25) is 0 Å². The molecule has 23 heavy (non-hydrogen) atoms. The Morgan fingerprint density at radius 2 is 1.78 bits per heavy atom. The Morgan fingerprint density at radius 1 is 1.13 bits per heavy atom. The largest absolute Gasteiger partial charge is 0.471 e. The molecule has 6 nitrogen and oxygen atoms in total. The molecule has 0 fully saturated rings. The van der Waals surface area contributed by atoms with Crippen LogP contribution in [0.5, 0.6) is 0 Å². The minimum Gasteiger partial charge on any atom is -0.460 e. The van der Waals surface area contributed by atoms with Crippen LogP contribution in [0.15, 0.2) is 0 Å². The second-order valence-corrected chi connectivity index (χ2v) is 4.99. The Balaban J connectivity index is 4.41. The molecule has 1 unspecified atom stereocenters. The van der Waals surface area contributed by atoms with Crippen molar-refractivity contribution in [3.63, 3.8) is 0 Å². The number of alkyl halides is 3. The Hall–Kier alpha value is -1.80. The number of ether oxygens (including phenoxy) is 1. The van der Waals surface area contributed by atoms with Crippen LogP contribution in [-0.4, -0.2) is 43.7 Å². The molecule has 0 aromatic carbocycles. The van der Waals surface area contributed by atoms with E-state index in [-0.39, 0.29) is 18.7 Å². The number of amides is 2. The summed E-state index contributed by atoms with van der Waals surface area (Å²) in [6.07, 6.45) is -3.32. The van der Waals surface area contributed by atoms with Crippen LogP contribution in [-0.2, 0) is 19.1 Å². The normalized spacial score (nSPS) is 12.4. The van der Waals surface area contributed by atoms with Gasteiger partial charge < -0.3 is 15.4 Å². The molecule has 9 heteroatoms. The zero-order chi connectivity index (χ0) is 17.9. The lowest BCUT2D eigenvalue weighted by atomic mass is 10.1. The van der Waals surface area contributed by atoms with Gasteiger partial charge in [-0.05, 0) is 12.8 Å². The van der Waals surface area contributed by atoms with Gasteiger partial charge in [-0.3, -0.25) is 14.4 Å². The van der Waals surface area contributed by atoms with Crippen molar-refractivity contribution in [2.45, 2.75) is 57.7 Å². The maximum absolute atomic E-state index is 12.2. The van der Waals surface area contributed by atoms with E-state index in [1.54, 1.807) is 5.32 Å². The van der Waals surface area contributed by atoms with E-state index in [1.165, 1.54) is 7.05 Å². The highest BCUT2D eigenvalue weighted by molar-refractivity contribution is 5.82. The van der Waals surface area contributed by atoms with Gasteiger partial charge in [0.15, 0.2) is 0 Å². The first-order valence-corrected chi connectivity index (χ1v) is 7.45. The summed E-state index contributed by atoms with van der Waals surface area (Å²) >= 11 is 0. The predicted octanol–water partition coefficient (Wildman–Crippen LogP) is 1.68. The maximum Gasteiger partial charge on any atom is 0.471 e. The molecule has 0 heterocycles. The van der Waals surface area contributed by atoms with Crippen molar-refractivity contribution in [3.8, 4) is 0 Å². The fourth-order valence-electron chi connectivity index (χ4n) is 1.72. The molecule has 0 saturated carbocycles. The summed E-state index contributed by atoms with van der Waals surface area (Å²) < 4.78 is 41.5. The highest BCUT2D eigenvalue weighted by atomic mass is 19.4. The van der Waals surface area contributed by atoms with E-state index in [0.29, 0.717) is 12.8 Å². The molecule has 1 atom stereocenters. The lowest BCUT2D eigenvalue weighted by Gasteiger charge is -2.19. The average molecular weight is 340 g/mol. The van der Waals surface area contributed by atoms with Crippen LogP contribution in [0.25, 0.3) is 0 Å². The van der Waals surface area contributed by atoms with Gasteiger partial charge in [-0.1, -0.05) is 19.8 Å². The second kappa shape index (κ2) is 10.8.